The number of nitrogens with two attached hydrogens (primary N) is 1. The van der Waals surface area contributed by atoms with Gasteiger partial charge in [-0.2, -0.15) is 5.10 Å². The standard InChI is InChI=1S/C11H9F3N4O/c12-7-1-2-8(11(14)10(7)13)17-9(19)5-18-4-6(15)3-16-18/h1-4H,5,15H2,(H,17,19). The molecule has 1 aromatic heterocycles. The smallest absolute Gasteiger partial charge is 0.246 e. The van der Waals surface area contributed by atoms with E-state index in [9.17, 15) is 18.0 Å². The molecule has 1 amide bonds. The first-order valence-electron chi connectivity index (χ1n) is 5.18. The summed E-state index contributed by atoms with van der Waals surface area (Å²) >= 11 is 0. The number of nitrogens with zero attached hydrogens (tertiary/aromatic N) is 2. The highest BCUT2D eigenvalue weighted by atomic mass is 19.2. The van der Waals surface area contributed by atoms with Gasteiger partial charge in [-0.05, 0) is 12.1 Å². The van der Waals surface area contributed by atoms with Crippen molar-refractivity contribution in [2.45, 2.75) is 6.54 Å². The molecule has 19 heavy (non-hydrogen) atoms. The number of rotatable bonds is 3. The lowest BCUT2D eigenvalue weighted by Gasteiger charge is -2.07. The molecular weight excluding hydrogens is 261 g/mol. The third-order valence-electron chi connectivity index (χ3n) is 2.27. The Labute approximate surface area is 105 Å². The molecule has 0 radical (unpaired) electrons. The zero-order chi connectivity index (χ0) is 14.0. The molecule has 0 aliphatic heterocycles. The Morgan fingerprint density at radius 2 is 2.05 bits per heavy atom. The fraction of sp³-hybridized carbons (Fsp3) is 0.0909. The number of carbonyl (C=O) groups is 1. The van der Waals surface area contributed by atoms with E-state index >= 15 is 0 Å². The van der Waals surface area contributed by atoms with Crippen molar-refractivity contribution in [3.63, 3.8) is 0 Å². The van der Waals surface area contributed by atoms with Crippen molar-refractivity contribution in [3.05, 3.63) is 42.0 Å². The van der Waals surface area contributed by atoms with Crippen molar-refractivity contribution < 1.29 is 18.0 Å². The van der Waals surface area contributed by atoms with Gasteiger partial charge < -0.3 is 11.1 Å². The van der Waals surface area contributed by atoms with E-state index in [0.717, 1.165) is 12.1 Å². The van der Waals surface area contributed by atoms with Crippen LogP contribution in [0.3, 0.4) is 0 Å². The van der Waals surface area contributed by atoms with Crippen molar-refractivity contribution in [2.75, 3.05) is 11.1 Å². The molecule has 3 N–H and O–H groups in total. The maximum absolute atomic E-state index is 13.3. The molecule has 0 aliphatic carbocycles. The lowest BCUT2D eigenvalue weighted by atomic mass is 10.2. The van der Waals surface area contributed by atoms with Crippen LogP contribution in [0.4, 0.5) is 24.5 Å². The first kappa shape index (κ1) is 12.9. The predicted molar refractivity (Wildman–Crippen MR) is 61.6 cm³/mol. The number of halogens is 3. The van der Waals surface area contributed by atoms with Gasteiger partial charge in [0.25, 0.3) is 0 Å². The molecule has 1 heterocycles. The van der Waals surface area contributed by atoms with Gasteiger partial charge in [0.05, 0.1) is 17.6 Å². The van der Waals surface area contributed by atoms with E-state index < -0.39 is 29.0 Å². The van der Waals surface area contributed by atoms with Gasteiger partial charge in [0, 0.05) is 6.20 Å². The molecule has 0 bridgehead atoms. The van der Waals surface area contributed by atoms with Gasteiger partial charge in [0.2, 0.25) is 5.91 Å². The van der Waals surface area contributed by atoms with Gasteiger partial charge in [0.1, 0.15) is 6.54 Å². The van der Waals surface area contributed by atoms with Crippen molar-refractivity contribution in [2.24, 2.45) is 0 Å². The zero-order valence-corrected chi connectivity index (χ0v) is 9.53. The molecule has 0 aliphatic rings. The minimum Gasteiger partial charge on any atom is -0.396 e. The Bertz CT molecular complexity index is 626. The lowest BCUT2D eigenvalue weighted by molar-refractivity contribution is -0.116. The molecule has 0 saturated heterocycles. The molecule has 2 aromatic rings. The SMILES string of the molecule is Nc1cnn(CC(=O)Nc2ccc(F)c(F)c2F)c1. The van der Waals surface area contributed by atoms with E-state index in [1.807, 2.05) is 0 Å². The second-order valence-electron chi connectivity index (χ2n) is 3.74. The highest BCUT2D eigenvalue weighted by Gasteiger charge is 2.15. The number of nitrogens with one attached hydrogen (secondary N) is 1. The minimum absolute atomic E-state index is 0.227. The Balaban J connectivity index is 2.09. The van der Waals surface area contributed by atoms with E-state index in [0.29, 0.717) is 5.69 Å². The largest absolute Gasteiger partial charge is 0.396 e. The Morgan fingerprint density at radius 3 is 2.68 bits per heavy atom. The summed E-state index contributed by atoms with van der Waals surface area (Å²) in [6, 6.07) is 1.66. The number of amides is 1. The first-order chi connectivity index (χ1) is 8.97. The highest BCUT2D eigenvalue weighted by Crippen LogP contribution is 2.19. The van der Waals surface area contributed by atoms with Gasteiger partial charge in [-0.25, -0.2) is 13.2 Å². The molecule has 5 nitrogen and oxygen atoms in total. The van der Waals surface area contributed by atoms with Crippen LogP contribution < -0.4 is 11.1 Å². The number of anilines is 2. The molecule has 2 rings (SSSR count). The molecule has 0 fully saturated rings. The van der Waals surface area contributed by atoms with E-state index in [-0.39, 0.29) is 6.54 Å². The van der Waals surface area contributed by atoms with Crippen LogP contribution in [-0.4, -0.2) is 15.7 Å². The second-order valence-corrected chi connectivity index (χ2v) is 3.74. The van der Waals surface area contributed by atoms with Crippen LogP contribution in [0.5, 0.6) is 0 Å². The van der Waals surface area contributed by atoms with Crippen LogP contribution >= 0.6 is 0 Å². The monoisotopic (exact) mass is 270 g/mol. The van der Waals surface area contributed by atoms with Gasteiger partial charge in [-0.1, -0.05) is 0 Å². The number of aromatic nitrogens is 2. The summed E-state index contributed by atoms with van der Waals surface area (Å²) < 4.78 is 40.1. The van der Waals surface area contributed by atoms with Crippen molar-refractivity contribution in [3.8, 4) is 0 Å². The molecule has 8 heteroatoms. The normalized spacial score (nSPS) is 10.5. The molecule has 0 unspecified atom stereocenters. The maximum atomic E-state index is 13.3. The third-order valence-corrected chi connectivity index (χ3v) is 2.27. The summed E-state index contributed by atoms with van der Waals surface area (Å²) in [5, 5.41) is 5.87. The predicted octanol–water partition coefficient (Wildman–Crippen LogP) is 1.52. The van der Waals surface area contributed by atoms with E-state index in [4.69, 9.17) is 5.73 Å². The number of nitrogen functional groups attached to an aromatic ring is 1. The number of carbonyl (C=O) groups excluding carboxylic acids is 1. The van der Waals surface area contributed by atoms with Crippen molar-refractivity contribution in [1.82, 2.24) is 9.78 Å². The number of hydrogen-bond acceptors (Lipinski definition) is 3. The molecule has 0 spiro atoms. The molecule has 100 valence electrons. The van der Waals surface area contributed by atoms with Gasteiger partial charge in [-0.15, -0.1) is 0 Å². The summed E-state index contributed by atoms with van der Waals surface area (Å²) in [5.41, 5.74) is 5.33. The summed E-state index contributed by atoms with van der Waals surface area (Å²) in [6.45, 7) is -0.227. The van der Waals surface area contributed by atoms with E-state index in [1.165, 1.54) is 17.1 Å². The van der Waals surface area contributed by atoms with Gasteiger partial charge >= 0.3 is 0 Å². The fourth-order valence-corrected chi connectivity index (χ4v) is 1.43. The van der Waals surface area contributed by atoms with Gasteiger partial charge in [0.15, 0.2) is 17.5 Å². The van der Waals surface area contributed by atoms with Crippen molar-refractivity contribution >= 4 is 17.3 Å². The first-order valence-corrected chi connectivity index (χ1v) is 5.18. The summed E-state index contributed by atoms with van der Waals surface area (Å²) in [5.74, 6) is -5.06. The van der Waals surface area contributed by atoms with Crippen LogP contribution in [0.25, 0.3) is 0 Å². The van der Waals surface area contributed by atoms with Crippen LogP contribution in [-0.2, 0) is 11.3 Å². The van der Waals surface area contributed by atoms with Crippen LogP contribution in [0.1, 0.15) is 0 Å². The second kappa shape index (κ2) is 5.01. The summed E-state index contributed by atoms with van der Waals surface area (Å²) in [7, 11) is 0. The van der Waals surface area contributed by atoms with Gasteiger partial charge in [-0.3, -0.25) is 9.48 Å². The third kappa shape index (κ3) is 2.84. The molecular formula is C11H9F3N4O. The molecule has 1 aromatic carbocycles. The average Bonchev–Trinajstić information content (AvgIpc) is 2.75. The quantitative estimate of drug-likeness (QED) is 0.830. The lowest BCUT2D eigenvalue weighted by Crippen LogP contribution is -2.20. The molecule has 0 saturated carbocycles. The average molecular weight is 270 g/mol. The van der Waals surface area contributed by atoms with Crippen molar-refractivity contribution in [1.29, 1.82) is 0 Å². The summed E-state index contributed by atoms with van der Waals surface area (Å²) in [4.78, 5) is 11.5. The fourth-order valence-electron chi connectivity index (χ4n) is 1.43. The maximum Gasteiger partial charge on any atom is 0.246 e. The Kier molecular flexibility index (Phi) is 3.41. The topological polar surface area (TPSA) is 72.9 Å². The Morgan fingerprint density at radius 1 is 1.32 bits per heavy atom. The van der Waals surface area contributed by atoms with Crippen LogP contribution in [0, 0.1) is 17.5 Å². The van der Waals surface area contributed by atoms with Crippen LogP contribution in [0.15, 0.2) is 24.5 Å². The highest BCUT2D eigenvalue weighted by molar-refractivity contribution is 5.90. The van der Waals surface area contributed by atoms with E-state index in [2.05, 4.69) is 10.4 Å². The number of hydrogen-bond donors (Lipinski definition) is 2. The molecule has 0 atom stereocenters. The number of benzene rings is 1. The van der Waals surface area contributed by atoms with E-state index in [1.54, 1.807) is 0 Å². The van der Waals surface area contributed by atoms with Crippen LogP contribution in [0.2, 0.25) is 0 Å². The zero-order valence-electron chi connectivity index (χ0n) is 9.53. The summed E-state index contributed by atoms with van der Waals surface area (Å²) in [6.07, 6.45) is 2.74. The Hall–Kier alpha value is -2.51. The minimum atomic E-state index is -1.64.